The van der Waals surface area contributed by atoms with E-state index in [1.165, 1.54) is 4.90 Å². The maximum absolute atomic E-state index is 13.0. The lowest BCUT2D eigenvalue weighted by molar-refractivity contribution is -0.122. The average molecular weight is 462 g/mol. The number of furan rings is 1. The van der Waals surface area contributed by atoms with Gasteiger partial charge in [0.15, 0.2) is 22.0 Å². The standard InChI is InChI=1S/C22H20ClNO6S/c1-14-17-8-5-9-18(23)21(17)30-20(14)22(26)29-12-19(25)24(15-6-3-2-4-7-15)16-10-11-31(27,28)13-16/h2-9,16H,10-13H2,1H3/t16-/m1/s1. The summed E-state index contributed by atoms with van der Waals surface area (Å²) in [4.78, 5) is 27.0. The predicted molar refractivity (Wildman–Crippen MR) is 117 cm³/mol. The van der Waals surface area contributed by atoms with Crippen LogP contribution in [0.1, 0.15) is 22.5 Å². The third kappa shape index (κ3) is 4.31. The van der Waals surface area contributed by atoms with Gasteiger partial charge in [0, 0.05) is 16.6 Å². The molecule has 7 nitrogen and oxygen atoms in total. The number of carbonyl (C=O) groups is 2. The van der Waals surface area contributed by atoms with Crippen LogP contribution < -0.4 is 4.90 Å². The van der Waals surface area contributed by atoms with Gasteiger partial charge in [-0.05, 0) is 31.5 Å². The Hall–Kier alpha value is -2.84. The van der Waals surface area contributed by atoms with Crippen molar-refractivity contribution >= 4 is 50.0 Å². The summed E-state index contributed by atoms with van der Waals surface area (Å²) in [6, 6.07) is 13.4. The van der Waals surface area contributed by atoms with Crippen LogP contribution in [0.2, 0.25) is 5.02 Å². The predicted octanol–water partition coefficient (Wildman–Crippen LogP) is 3.77. The van der Waals surface area contributed by atoms with Gasteiger partial charge in [0.05, 0.1) is 22.6 Å². The molecule has 4 rings (SSSR count). The highest BCUT2D eigenvalue weighted by molar-refractivity contribution is 7.91. The molecule has 162 valence electrons. The van der Waals surface area contributed by atoms with Crippen molar-refractivity contribution in [2.24, 2.45) is 0 Å². The second kappa shape index (κ2) is 8.36. The number of sulfone groups is 1. The Bertz CT molecular complexity index is 1250. The fourth-order valence-electron chi connectivity index (χ4n) is 3.79. The molecule has 1 aliphatic heterocycles. The Labute approximate surface area is 184 Å². The molecule has 2 heterocycles. The van der Waals surface area contributed by atoms with Crippen molar-refractivity contribution in [2.45, 2.75) is 19.4 Å². The maximum atomic E-state index is 13.0. The van der Waals surface area contributed by atoms with Crippen molar-refractivity contribution in [2.75, 3.05) is 23.0 Å². The first-order chi connectivity index (χ1) is 14.8. The van der Waals surface area contributed by atoms with Crippen LogP contribution in [0, 0.1) is 6.92 Å². The zero-order valence-electron chi connectivity index (χ0n) is 16.7. The number of amides is 1. The quantitative estimate of drug-likeness (QED) is 0.537. The molecule has 0 saturated carbocycles. The molecular formula is C22H20ClNO6S. The number of anilines is 1. The second-order valence-electron chi connectivity index (χ2n) is 7.40. The number of ether oxygens (including phenoxy) is 1. The Morgan fingerprint density at radius 2 is 1.90 bits per heavy atom. The number of esters is 1. The van der Waals surface area contributed by atoms with E-state index in [0.29, 0.717) is 33.7 Å². The van der Waals surface area contributed by atoms with E-state index in [1.807, 2.05) is 0 Å². The van der Waals surface area contributed by atoms with Gasteiger partial charge >= 0.3 is 5.97 Å². The molecule has 1 aromatic heterocycles. The topological polar surface area (TPSA) is 93.9 Å². The molecule has 0 radical (unpaired) electrons. The minimum atomic E-state index is -3.21. The van der Waals surface area contributed by atoms with E-state index in [0.717, 1.165) is 0 Å². The third-order valence-corrected chi connectivity index (χ3v) is 7.35. The zero-order chi connectivity index (χ0) is 22.2. The lowest BCUT2D eigenvalue weighted by Gasteiger charge is -2.28. The molecule has 0 unspecified atom stereocenters. The fraction of sp³-hybridized carbons (Fsp3) is 0.273. The highest BCUT2D eigenvalue weighted by atomic mass is 35.5. The van der Waals surface area contributed by atoms with E-state index in [2.05, 4.69) is 0 Å². The van der Waals surface area contributed by atoms with Crippen LogP contribution in [0.3, 0.4) is 0 Å². The van der Waals surface area contributed by atoms with Crippen LogP contribution in [-0.2, 0) is 19.4 Å². The van der Waals surface area contributed by atoms with Crippen LogP contribution in [-0.4, -0.2) is 44.4 Å². The first-order valence-electron chi connectivity index (χ1n) is 9.69. The number of fused-ring (bicyclic) bond motifs is 1. The molecule has 0 aliphatic carbocycles. The highest BCUT2D eigenvalue weighted by Gasteiger charge is 2.36. The molecule has 1 atom stereocenters. The zero-order valence-corrected chi connectivity index (χ0v) is 18.3. The summed E-state index contributed by atoms with van der Waals surface area (Å²) < 4.78 is 34.7. The van der Waals surface area contributed by atoms with Crippen molar-refractivity contribution < 1.29 is 27.2 Å². The van der Waals surface area contributed by atoms with Crippen molar-refractivity contribution in [3.8, 4) is 0 Å². The highest BCUT2D eigenvalue weighted by Crippen LogP contribution is 2.31. The number of hydrogen-bond donors (Lipinski definition) is 0. The van der Waals surface area contributed by atoms with E-state index in [9.17, 15) is 18.0 Å². The monoisotopic (exact) mass is 461 g/mol. The van der Waals surface area contributed by atoms with Gasteiger partial charge in [-0.15, -0.1) is 0 Å². The van der Waals surface area contributed by atoms with Crippen molar-refractivity contribution in [1.29, 1.82) is 0 Å². The summed E-state index contributed by atoms with van der Waals surface area (Å²) in [6.07, 6.45) is 0.331. The van der Waals surface area contributed by atoms with Crippen LogP contribution in [0.5, 0.6) is 0 Å². The van der Waals surface area contributed by atoms with Crippen molar-refractivity contribution in [3.05, 3.63) is 64.9 Å². The molecule has 2 aromatic carbocycles. The number of halogens is 1. The van der Waals surface area contributed by atoms with Gasteiger partial charge in [-0.3, -0.25) is 4.79 Å². The first-order valence-corrected chi connectivity index (χ1v) is 11.9. The first kappa shape index (κ1) is 21.4. The molecule has 0 spiro atoms. The molecule has 1 saturated heterocycles. The largest absolute Gasteiger partial charge is 0.450 e. The van der Waals surface area contributed by atoms with Crippen LogP contribution in [0.4, 0.5) is 5.69 Å². The number of hydrogen-bond acceptors (Lipinski definition) is 6. The summed E-state index contributed by atoms with van der Waals surface area (Å²) in [5.41, 5.74) is 1.50. The second-order valence-corrected chi connectivity index (χ2v) is 10.0. The van der Waals surface area contributed by atoms with Crippen LogP contribution in [0.25, 0.3) is 11.0 Å². The molecule has 3 aromatic rings. The van der Waals surface area contributed by atoms with Gasteiger partial charge in [0.1, 0.15) is 0 Å². The summed E-state index contributed by atoms with van der Waals surface area (Å²) in [7, 11) is -3.21. The summed E-state index contributed by atoms with van der Waals surface area (Å²) in [5, 5.41) is 1.06. The normalized spacial score (nSPS) is 17.5. The van der Waals surface area contributed by atoms with E-state index in [4.69, 9.17) is 20.8 Å². The van der Waals surface area contributed by atoms with Gasteiger partial charge in [0.2, 0.25) is 5.76 Å². The third-order valence-electron chi connectivity index (χ3n) is 5.30. The molecule has 9 heteroatoms. The van der Waals surface area contributed by atoms with E-state index < -0.39 is 34.4 Å². The molecule has 0 bridgehead atoms. The number of rotatable bonds is 5. The Balaban J connectivity index is 1.54. The lowest BCUT2D eigenvalue weighted by atomic mass is 10.1. The van der Waals surface area contributed by atoms with Gasteiger partial charge in [-0.25, -0.2) is 13.2 Å². The average Bonchev–Trinajstić information content (AvgIpc) is 3.27. The molecular weight excluding hydrogens is 442 g/mol. The van der Waals surface area contributed by atoms with E-state index in [-0.39, 0.29) is 17.3 Å². The molecule has 1 fully saturated rings. The smallest absolute Gasteiger partial charge is 0.375 e. The number of benzene rings is 2. The maximum Gasteiger partial charge on any atom is 0.375 e. The SMILES string of the molecule is Cc1c(C(=O)OCC(=O)N(c2ccccc2)[C@@H]2CCS(=O)(=O)C2)oc2c(Cl)cccc12. The minimum Gasteiger partial charge on any atom is -0.450 e. The molecule has 1 aliphatic rings. The van der Waals surface area contributed by atoms with Gasteiger partial charge < -0.3 is 14.1 Å². The Morgan fingerprint density at radius 1 is 1.16 bits per heavy atom. The van der Waals surface area contributed by atoms with Crippen LogP contribution in [0.15, 0.2) is 52.9 Å². The van der Waals surface area contributed by atoms with Gasteiger partial charge in [0.25, 0.3) is 5.91 Å². The number of carbonyl (C=O) groups excluding carboxylic acids is 2. The molecule has 1 amide bonds. The fourth-order valence-corrected chi connectivity index (χ4v) is 5.70. The van der Waals surface area contributed by atoms with E-state index >= 15 is 0 Å². The molecule has 31 heavy (non-hydrogen) atoms. The van der Waals surface area contributed by atoms with Crippen molar-refractivity contribution in [3.63, 3.8) is 0 Å². The van der Waals surface area contributed by atoms with Crippen LogP contribution >= 0.6 is 11.6 Å². The Morgan fingerprint density at radius 3 is 2.55 bits per heavy atom. The van der Waals surface area contributed by atoms with Gasteiger partial charge in [-0.2, -0.15) is 0 Å². The molecule has 0 N–H and O–H groups in total. The summed E-state index contributed by atoms with van der Waals surface area (Å²) >= 11 is 6.12. The summed E-state index contributed by atoms with van der Waals surface area (Å²) in [5.74, 6) is -1.42. The number of nitrogens with zero attached hydrogens (tertiary/aromatic N) is 1. The Kier molecular flexibility index (Phi) is 5.77. The number of para-hydroxylation sites is 2. The van der Waals surface area contributed by atoms with E-state index in [1.54, 1.807) is 55.5 Å². The van der Waals surface area contributed by atoms with Crippen molar-refractivity contribution in [1.82, 2.24) is 0 Å². The summed E-state index contributed by atoms with van der Waals surface area (Å²) in [6.45, 7) is 1.16. The minimum absolute atomic E-state index is 0.0208. The lowest BCUT2D eigenvalue weighted by Crippen LogP contribution is -2.43. The van der Waals surface area contributed by atoms with Gasteiger partial charge in [-0.1, -0.05) is 41.9 Å². The number of aryl methyl sites for hydroxylation is 1.